The zero-order chi connectivity index (χ0) is 9.42. The quantitative estimate of drug-likeness (QED) is 0.774. The van der Waals surface area contributed by atoms with Gasteiger partial charge in [0.1, 0.15) is 11.5 Å². The molecule has 0 aliphatic heterocycles. The van der Waals surface area contributed by atoms with Crippen molar-refractivity contribution in [2.24, 2.45) is 11.7 Å². The number of hydrogen-bond acceptors (Lipinski definition) is 2. The van der Waals surface area contributed by atoms with E-state index >= 15 is 0 Å². The Labute approximate surface area is 79.1 Å². The molecule has 1 aromatic rings. The average molecular weight is 179 g/mol. The van der Waals surface area contributed by atoms with Crippen molar-refractivity contribution in [1.29, 1.82) is 0 Å². The highest BCUT2D eigenvalue weighted by Gasteiger charge is 2.25. The molecule has 1 fully saturated rings. The molecule has 2 heteroatoms. The van der Waals surface area contributed by atoms with Gasteiger partial charge in [-0.25, -0.2) is 0 Å². The average Bonchev–Trinajstić information content (AvgIpc) is 2.77. The maximum Gasteiger partial charge on any atom is 0.105 e. The van der Waals surface area contributed by atoms with Crippen molar-refractivity contribution in [1.82, 2.24) is 0 Å². The normalized spacial score (nSPS) is 19.0. The van der Waals surface area contributed by atoms with E-state index in [1.807, 2.05) is 13.8 Å². The minimum atomic E-state index is 0.185. The first-order valence-electron chi connectivity index (χ1n) is 4.99. The van der Waals surface area contributed by atoms with E-state index in [0.29, 0.717) is 0 Å². The lowest BCUT2D eigenvalue weighted by Crippen LogP contribution is -2.11. The minimum absolute atomic E-state index is 0.185. The third-order valence-electron chi connectivity index (χ3n) is 2.76. The summed E-state index contributed by atoms with van der Waals surface area (Å²) in [4.78, 5) is 0. The highest BCUT2D eigenvalue weighted by atomic mass is 16.3. The van der Waals surface area contributed by atoms with Crippen molar-refractivity contribution in [3.8, 4) is 0 Å². The van der Waals surface area contributed by atoms with Crippen molar-refractivity contribution in [3.63, 3.8) is 0 Å². The van der Waals surface area contributed by atoms with Gasteiger partial charge in [-0.3, -0.25) is 0 Å². The molecule has 1 saturated carbocycles. The molecule has 0 aromatic carbocycles. The Morgan fingerprint density at radius 1 is 1.54 bits per heavy atom. The zero-order valence-electron chi connectivity index (χ0n) is 8.34. The Kier molecular flexibility index (Phi) is 2.16. The fourth-order valence-corrected chi connectivity index (χ4v) is 1.86. The second-order valence-corrected chi connectivity index (χ2v) is 4.15. The first kappa shape index (κ1) is 8.82. The molecule has 0 bridgehead atoms. The van der Waals surface area contributed by atoms with Gasteiger partial charge in [0.05, 0.1) is 0 Å². The topological polar surface area (TPSA) is 39.2 Å². The van der Waals surface area contributed by atoms with E-state index in [1.165, 1.54) is 18.4 Å². The van der Waals surface area contributed by atoms with E-state index in [9.17, 15) is 0 Å². The van der Waals surface area contributed by atoms with Gasteiger partial charge in [-0.1, -0.05) is 12.8 Å². The van der Waals surface area contributed by atoms with Crippen LogP contribution in [0.25, 0.3) is 0 Å². The van der Waals surface area contributed by atoms with E-state index in [4.69, 9.17) is 10.2 Å². The lowest BCUT2D eigenvalue weighted by molar-refractivity contribution is 0.492. The second-order valence-electron chi connectivity index (χ2n) is 4.15. The van der Waals surface area contributed by atoms with Crippen molar-refractivity contribution in [2.75, 3.05) is 0 Å². The van der Waals surface area contributed by atoms with Crippen LogP contribution in [0, 0.1) is 19.8 Å². The third-order valence-corrected chi connectivity index (χ3v) is 2.76. The predicted octanol–water partition coefficient (Wildman–Crippen LogP) is 2.70. The van der Waals surface area contributed by atoms with Crippen molar-refractivity contribution in [3.05, 3.63) is 23.2 Å². The number of aryl methyl sites for hydroxylation is 2. The molecule has 2 N–H and O–H groups in total. The van der Waals surface area contributed by atoms with Crippen LogP contribution >= 0.6 is 0 Å². The summed E-state index contributed by atoms with van der Waals surface area (Å²) in [6.07, 6.45) is 3.85. The third kappa shape index (κ3) is 1.94. The molecule has 1 heterocycles. The van der Waals surface area contributed by atoms with Crippen LogP contribution in [0.5, 0.6) is 0 Å². The SMILES string of the molecule is Cc1cc([C@H](N)CC2CC2)c(C)o1. The molecule has 0 amide bonds. The minimum Gasteiger partial charge on any atom is -0.466 e. The van der Waals surface area contributed by atoms with Gasteiger partial charge in [0.25, 0.3) is 0 Å². The largest absolute Gasteiger partial charge is 0.466 e. The molecule has 2 rings (SSSR count). The maximum atomic E-state index is 6.09. The maximum absolute atomic E-state index is 6.09. The highest BCUT2D eigenvalue weighted by Crippen LogP contribution is 2.37. The van der Waals surface area contributed by atoms with Gasteiger partial charge in [-0.2, -0.15) is 0 Å². The second kappa shape index (κ2) is 3.18. The summed E-state index contributed by atoms with van der Waals surface area (Å²) in [5.41, 5.74) is 7.29. The fourth-order valence-electron chi connectivity index (χ4n) is 1.86. The molecular formula is C11H17NO. The van der Waals surface area contributed by atoms with Gasteiger partial charge in [0, 0.05) is 11.6 Å². The number of nitrogens with two attached hydrogens (primary N) is 1. The molecule has 0 spiro atoms. The van der Waals surface area contributed by atoms with Crippen LogP contribution in [0.1, 0.15) is 42.4 Å². The van der Waals surface area contributed by atoms with E-state index in [0.717, 1.165) is 23.9 Å². The van der Waals surface area contributed by atoms with E-state index in [-0.39, 0.29) is 6.04 Å². The summed E-state index contributed by atoms with van der Waals surface area (Å²) >= 11 is 0. The van der Waals surface area contributed by atoms with Crippen molar-refractivity contribution in [2.45, 2.75) is 39.2 Å². The molecule has 1 aliphatic carbocycles. The van der Waals surface area contributed by atoms with E-state index in [2.05, 4.69) is 6.07 Å². The molecule has 0 saturated heterocycles. The Balaban J connectivity index is 2.08. The van der Waals surface area contributed by atoms with Crippen LogP contribution < -0.4 is 5.73 Å². The Hall–Kier alpha value is -0.760. The zero-order valence-corrected chi connectivity index (χ0v) is 8.34. The lowest BCUT2D eigenvalue weighted by atomic mass is 10.0. The van der Waals surface area contributed by atoms with E-state index < -0.39 is 0 Å². The summed E-state index contributed by atoms with van der Waals surface area (Å²) in [5, 5.41) is 0. The molecule has 1 aromatic heterocycles. The number of furan rings is 1. The van der Waals surface area contributed by atoms with Crippen molar-refractivity contribution >= 4 is 0 Å². The van der Waals surface area contributed by atoms with Crippen LogP contribution in [0.3, 0.4) is 0 Å². The Bertz CT molecular complexity index is 299. The summed E-state index contributed by atoms with van der Waals surface area (Å²) in [6.45, 7) is 3.97. The van der Waals surface area contributed by atoms with Gasteiger partial charge in [0.15, 0.2) is 0 Å². The number of hydrogen-bond donors (Lipinski definition) is 1. The fraction of sp³-hybridized carbons (Fsp3) is 0.636. The molecule has 72 valence electrons. The van der Waals surface area contributed by atoms with Gasteiger partial charge in [0.2, 0.25) is 0 Å². The summed E-state index contributed by atoms with van der Waals surface area (Å²) in [7, 11) is 0. The summed E-state index contributed by atoms with van der Waals surface area (Å²) in [5.74, 6) is 2.84. The summed E-state index contributed by atoms with van der Waals surface area (Å²) < 4.78 is 5.46. The van der Waals surface area contributed by atoms with Gasteiger partial charge >= 0.3 is 0 Å². The van der Waals surface area contributed by atoms with E-state index in [1.54, 1.807) is 0 Å². The molecule has 1 aliphatic rings. The molecule has 0 radical (unpaired) electrons. The van der Waals surface area contributed by atoms with Crippen LogP contribution in [0.15, 0.2) is 10.5 Å². The van der Waals surface area contributed by atoms with Gasteiger partial charge in [-0.05, 0) is 32.3 Å². The van der Waals surface area contributed by atoms with Gasteiger partial charge < -0.3 is 10.2 Å². The lowest BCUT2D eigenvalue weighted by Gasteiger charge is -2.08. The first-order chi connectivity index (χ1) is 6.16. The standard InChI is InChI=1S/C11H17NO/c1-7-5-10(8(2)13-7)11(12)6-9-3-4-9/h5,9,11H,3-4,6,12H2,1-2H3/t11-/m1/s1. The molecular weight excluding hydrogens is 162 g/mol. The van der Waals surface area contributed by atoms with Gasteiger partial charge in [-0.15, -0.1) is 0 Å². The molecule has 13 heavy (non-hydrogen) atoms. The Morgan fingerprint density at radius 3 is 2.69 bits per heavy atom. The summed E-state index contributed by atoms with van der Waals surface area (Å²) in [6, 6.07) is 2.26. The number of rotatable bonds is 3. The smallest absolute Gasteiger partial charge is 0.105 e. The first-order valence-corrected chi connectivity index (χ1v) is 4.99. The van der Waals surface area contributed by atoms with Crippen LogP contribution in [0.2, 0.25) is 0 Å². The van der Waals surface area contributed by atoms with Crippen LogP contribution in [0.4, 0.5) is 0 Å². The molecule has 2 nitrogen and oxygen atoms in total. The van der Waals surface area contributed by atoms with Crippen molar-refractivity contribution < 1.29 is 4.42 Å². The molecule has 1 atom stereocenters. The Morgan fingerprint density at radius 2 is 2.23 bits per heavy atom. The van der Waals surface area contributed by atoms with Crippen LogP contribution in [-0.2, 0) is 0 Å². The predicted molar refractivity (Wildman–Crippen MR) is 52.5 cm³/mol. The highest BCUT2D eigenvalue weighted by molar-refractivity contribution is 5.23. The monoisotopic (exact) mass is 179 g/mol. The molecule has 0 unspecified atom stereocenters. The van der Waals surface area contributed by atoms with Crippen LogP contribution in [-0.4, -0.2) is 0 Å².